The van der Waals surface area contributed by atoms with Gasteiger partial charge in [0.1, 0.15) is 0 Å². The van der Waals surface area contributed by atoms with E-state index in [1.807, 2.05) is 0 Å². The minimum Gasteiger partial charge on any atom is -0.314 e. The summed E-state index contributed by atoms with van der Waals surface area (Å²) in [5.74, 6) is 3.08. The predicted molar refractivity (Wildman–Crippen MR) is 77.6 cm³/mol. The van der Waals surface area contributed by atoms with Crippen LogP contribution < -0.4 is 5.32 Å². The number of hydrogen-bond acceptors (Lipinski definition) is 1. The maximum atomic E-state index is 3.81. The van der Waals surface area contributed by atoms with Crippen LogP contribution in [0.15, 0.2) is 0 Å². The molecule has 3 aliphatic rings. The first-order chi connectivity index (χ1) is 8.64. The first-order valence-corrected chi connectivity index (χ1v) is 8.37. The average Bonchev–Trinajstić information content (AvgIpc) is 3.00. The highest BCUT2D eigenvalue weighted by Crippen LogP contribution is 2.48. The van der Waals surface area contributed by atoms with Crippen LogP contribution in [0.2, 0.25) is 0 Å². The highest BCUT2D eigenvalue weighted by atomic mass is 14.9. The Hall–Kier alpha value is -0.0400. The molecule has 0 amide bonds. The molecule has 3 saturated carbocycles. The Bertz CT molecular complexity index is 271. The maximum absolute atomic E-state index is 3.81. The maximum Gasteiger partial charge on any atom is 0.00683 e. The van der Waals surface area contributed by atoms with E-state index in [9.17, 15) is 0 Å². The van der Waals surface area contributed by atoms with Crippen molar-refractivity contribution in [3.63, 3.8) is 0 Å². The molecule has 2 unspecified atom stereocenters. The Morgan fingerprint density at radius 1 is 1.00 bits per heavy atom. The van der Waals surface area contributed by atoms with Crippen molar-refractivity contribution in [1.29, 1.82) is 0 Å². The zero-order valence-corrected chi connectivity index (χ0v) is 12.4. The number of rotatable bonds is 4. The fourth-order valence-electron chi connectivity index (χ4n) is 4.49. The van der Waals surface area contributed by atoms with Crippen LogP contribution in [0.3, 0.4) is 0 Å². The van der Waals surface area contributed by atoms with Crippen LogP contribution in [0, 0.1) is 23.2 Å². The zero-order valence-electron chi connectivity index (χ0n) is 12.4. The summed E-state index contributed by atoms with van der Waals surface area (Å²) in [6.45, 7) is 6.32. The lowest BCUT2D eigenvalue weighted by Crippen LogP contribution is -2.39. The Balaban J connectivity index is 1.61. The Kier molecular flexibility index (Phi) is 3.71. The van der Waals surface area contributed by atoms with Crippen molar-refractivity contribution in [2.24, 2.45) is 23.2 Å². The molecule has 1 heteroatoms. The number of nitrogens with one attached hydrogen (secondary N) is 1. The van der Waals surface area contributed by atoms with Gasteiger partial charge in [0.15, 0.2) is 0 Å². The van der Waals surface area contributed by atoms with Crippen molar-refractivity contribution >= 4 is 0 Å². The van der Waals surface area contributed by atoms with Gasteiger partial charge in [-0.05, 0) is 61.8 Å². The van der Waals surface area contributed by atoms with E-state index < -0.39 is 0 Å². The van der Waals surface area contributed by atoms with E-state index in [1.54, 1.807) is 0 Å². The number of hydrogen-bond donors (Lipinski definition) is 1. The van der Waals surface area contributed by atoms with Gasteiger partial charge in [-0.3, -0.25) is 0 Å². The van der Waals surface area contributed by atoms with Crippen LogP contribution >= 0.6 is 0 Å². The molecular weight excluding hydrogens is 218 g/mol. The van der Waals surface area contributed by atoms with E-state index in [-0.39, 0.29) is 0 Å². The van der Waals surface area contributed by atoms with Gasteiger partial charge in [-0.1, -0.05) is 39.5 Å². The summed E-state index contributed by atoms with van der Waals surface area (Å²) in [6.07, 6.45) is 13.4. The van der Waals surface area contributed by atoms with Gasteiger partial charge in [0, 0.05) is 6.04 Å². The van der Waals surface area contributed by atoms with Gasteiger partial charge in [-0.2, -0.15) is 0 Å². The monoisotopic (exact) mass is 249 g/mol. The molecule has 3 aliphatic carbocycles. The van der Waals surface area contributed by atoms with Gasteiger partial charge in [-0.15, -0.1) is 0 Å². The summed E-state index contributed by atoms with van der Waals surface area (Å²) in [6, 6.07) is 0.893. The van der Waals surface area contributed by atoms with Gasteiger partial charge in [0.05, 0.1) is 0 Å². The molecule has 0 aromatic heterocycles. The van der Waals surface area contributed by atoms with E-state index in [2.05, 4.69) is 19.2 Å². The largest absolute Gasteiger partial charge is 0.314 e. The lowest BCUT2D eigenvalue weighted by Gasteiger charge is -2.44. The second-order valence-corrected chi connectivity index (χ2v) is 8.06. The summed E-state index contributed by atoms with van der Waals surface area (Å²) in [5.41, 5.74) is 0.614. The molecule has 2 atom stereocenters. The molecule has 0 heterocycles. The second-order valence-electron chi connectivity index (χ2n) is 8.06. The molecule has 104 valence electrons. The van der Waals surface area contributed by atoms with Crippen molar-refractivity contribution in [2.75, 3.05) is 6.54 Å². The summed E-state index contributed by atoms with van der Waals surface area (Å²) < 4.78 is 0. The molecule has 18 heavy (non-hydrogen) atoms. The molecular formula is C17H31N. The first-order valence-electron chi connectivity index (χ1n) is 8.37. The van der Waals surface area contributed by atoms with Gasteiger partial charge in [-0.25, -0.2) is 0 Å². The van der Waals surface area contributed by atoms with E-state index in [0.29, 0.717) is 5.41 Å². The van der Waals surface area contributed by atoms with Gasteiger partial charge < -0.3 is 5.32 Å². The Morgan fingerprint density at radius 2 is 1.72 bits per heavy atom. The molecule has 0 aromatic rings. The summed E-state index contributed by atoms with van der Waals surface area (Å²) in [5, 5.41) is 3.81. The lowest BCUT2D eigenvalue weighted by atomic mass is 9.63. The van der Waals surface area contributed by atoms with Gasteiger partial charge in [0.2, 0.25) is 0 Å². The molecule has 3 rings (SSSR count). The van der Waals surface area contributed by atoms with Crippen LogP contribution in [-0.2, 0) is 0 Å². The van der Waals surface area contributed by atoms with Gasteiger partial charge >= 0.3 is 0 Å². The molecule has 1 N–H and O–H groups in total. The van der Waals surface area contributed by atoms with Crippen LogP contribution in [0.1, 0.15) is 71.6 Å². The van der Waals surface area contributed by atoms with Crippen molar-refractivity contribution in [2.45, 2.75) is 77.7 Å². The molecule has 0 radical (unpaired) electrons. The van der Waals surface area contributed by atoms with E-state index in [0.717, 1.165) is 23.8 Å². The molecule has 0 aliphatic heterocycles. The summed E-state index contributed by atoms with van der Waals surface area (Å²) in [7, 11) is 0. The predicted octanol–water partition coefficient (Wildman–Crippen LogP) is 4.37. The SMILES string of the molecule is CC1(C)CCC(CNC2CC2)C(C2CCCC2)C1. The van der Waals surface area contributed by atoms with E-state index in [4.69, 9.17) is 0 Å². The summed E-state index contributed by atoms with van der Waals surface area (Å²) >= 11 is 0. The molecule has 3 fully saturated rings. The van der Waals surface area contributed by atoms with Crippen molar-refractivity contribution in [3.05, 3.63) is 0 Å². The van der Waals surface area contributed by atoms with Crippen molar-refractivity contribution in [1.82, 2.24) is 5.32 Å². The lowest BCUT2D eigenvalue weighted by molar-refractivity contribution is 0.0745. The van der Waals surface area contributed by atoms with Gasteiger partial charge in [0.25, 0.3) is 0 Å². The fourth-order valence-corrected chi connectivity index (χ4v) is 4.49. The van der Waals surface area contributed by atoms with E-state index >= 15 is 0 Å². The average molecular weight is 249 g/mol. The zero-order chi connectivity index (χ0) is 12.6. The molecule has 0 saturated heterocycles. The van der Waals surface area contributed by atoms with Crippen molar-refractivity contribution < 1.29 is 0 Å². The van der Waals surface area contributed by atoms with Crippen LogP contribution in [0.4, 0.5) is 0 Å². The normalized spacial score (nSPS) is 37.0. The highest BCUT2D eigenvalue weighted by Gasteiger charge is 2.39. The topological polar surface area (TPSA) is 12.0 Å². The summed E-state index contributed by atoms with van der Waals surface area (Å²) in [4.78, 5) is 0. The fraction of sp³-hybridized carbons (Fsp3) is 1.00. The third-order valence-corrected chi connectivity index (χ3v) is 5.84. The smallest absolute Gasteiger partial charge is 0.00683 e. The third-order valence-electron chi connectivity index (χ3n) is 5.84. The Morgan fingerprint density at radius 3 is 2.39 bits per heavy atom. The highest BCUT2D eigenvalue weighted by molar-refractivity contribution is 4.92. The first kappa shape index (κ1) is 13.0. The third kappa shape index (κ3) is 3.10. The second kappa shape index (κ2) is 5.15. The Labute approximate surface area is 113 Å². The van der Waals surface area contributed by atoms with Crippen LogP contribution in [-0.4, -0.2) is 12.6 Å². The van der Waals surface area contributed by atoms with Crippen LogP contribution in [0.5, 0.6) is 0 Å². The minimum absolute atomic E-state index is 0.614. The minimum atomic E-state index is 0.614. The quantitative estimate of drug-likeness (QED) is 0.780. The molecule has 1 nitrogen and oxygen atoms in total. The molecule has 0 spiro atoms. The van der Waals surface area contributed by atoms with Crippen LogP contribution in [0.25, 0.3) is 0 Å². The van der Waals surface area contributed by atoms with E-state index in [1.165, 1.54) is 64.3 Å². The molecule has 0 aromatic carbocycles. The van der Waals surface area contributed by atoms with Crippen molar-refractivity contribution in [3.8, 4) is 0 Å². The standard InChI is InChI=1S/C17H31N/c1-17(2)10-9-14(12-18-15-7-8-15)16(11-17)13-5-3-4-6-13/h13-16,18H,3-12H2,1-2H3. The molecule has 0 bridgehead atoms.